The average molecular weight is 338 g/mol. The van der Waals surface area contributed by atoms with E-state index in [1.807, 2.05) is 0 Å². The third kappa shape index (κ3) is 2.41. The summed E-state index contributed by atoms with van der Waals surface area (Å²) >= 11 is 0. The van der Waals surface area contributed by atoms with Crippen molar-refractivity contribution < 1.29 is 9.59 Å². The minimum absolute atomic E-state index is 0.00588. The van der Waals surface area contributed by atoms with Gasteiger partial charge in [-0.1, -0.05) is 12.1 Å². The van der Waals surface area contributed by atoms with Crippen LogP contribution in [0.15, 0.2) is 24.3 Å². The predicted octanol–water partition coefficient (Wildman–Crippen LogP) is 2.99. The van der Waals surface area contributed by atoms with Crippen LogP contribution in [0.3, 0.4) is 0 Å². The molecule has 6 rings (SSSR count). The Labute approximate surface area is 148 Å². The van der Waals surface area contributed by atoms with Gasteiger partial charge in [0.2, 0.25) is 11.8 Å². The molecule has 1 atom stereocenters. The maximum absolute atomic E-state index is 12.2. The zero-order chi connectivity index (χ0) is 17.2. The molecule has 5 fully saturated rings. The summed E-state index contributed by atoms with van der Waals surface area (Å²) in [6, 6.07) is 8.64. The Morgan fingerprint density at radius 1 is 1.00 bits per heavy atom. The fraction of sp³-hybridized carbons (Fsp3) is 0.619. The molecule has 0 aromatic heterocycles. The standard InChI is InChI=1S/C21H26N2O2/c22-20(25)16-8-19(24)23(12-16)18-3-1-17(2-4-18)21-9-13-5-14(10-21)7-15(6-13)11-21/h1-4,13-16H,5-12H2,(H2,22,25)/t13?,14?,15?,16-,21?/m0/s1. The zero-order valence-electron chi connectivity index (χ0n) is 14.6. The molecule has 0 spiro atoms. The Morgan fingerprint density at radius 3 is 2.04 bits per heavy atom. The normalized spacial score (nSPS) is 39.2. The summed E-state index contributed by atoms with van der Waals surface area (Å²) in [5.41, 5.74) is 8.13. The lowest BCUT2D eigenvalue weighted by atomic mass is 9.48. The van der Waals surface area contributed by atoms with Crippen LogP contribution in [-0.2, 0) is 15.0 Å². The molecule has 132 valence electrons. The van der Waals surface area contributed by atoms with Gasteiger partial charge in [0.15, 0.2) is 0 Å². The second-order valence-corrected chi connectivity index (χ2v) is 9.05. The molecule has 1 aliphatic heterocycles. The highest BCUT2D eigenvalue weighted by molar-refractivity contribution is 6.00. The molecular formula is C21H26N2O2. The largest absolute Gasteiger partial charge is 0.369 e. The molecule has 4 heteroatoms. The van der Waals surface area contributed by atoms with Crippen LogP contribution in [0.2, 0.25) is 0 Å². The number of nitrogens with two attached hydrogens (primary N) is 1. The van der Waals surface area contributed by atoms with Crippen LogP contribution in [0.1, 0.15) is 50.5 Å². The van der Waals surface area contributed by atoms with E-state index in [1.165, 1.54) is 44.1 Å². The molecule has 4 bridgehead atoms. The van der Waals surface area contributed by atoms with Crippen LogP contribution >= 0.6 is 0 Å². The third-order valence-electron chi connectivity index (χ3n) is 7.36. The van der Waals surface area contributed by atoms with E-state index < -0.39 is 0 Å². The van der Waals surface area contributed by atoms with Crippen molar-refractivity contribution in [2.45, 2.75) is 50.4 Å². The molecule has 5 aliphatic rings. The summed E-state index contributed by atoms with van der Waals surface area (Å²) in [5.74, 6) is 2.08. The summed E-state index contributed by atoms with van der Waals surface area (Å²) in [7, 11) is 0. The lowest BCUT2D eigenvalue weighted by Gasteiger charge is -2.57. The van der Waals surface area contributed by atoms with Crippen LogP contribution in [0, 0.1) is 23.7 Å². The lowest BCUT2D eigenvalue weighted by molar-refractivity contribution is -0.123. The quantitative estimate of drug-likeness (QED) is 0.921. The molecule has 0 radical (unpaired) electrons. The van der Waals surface area contributed by atoms with Crippen molar-refractivity contribution in [2.75, 3.05) is 11.4 Å². The van der Waals surface area contributed by atoms with Crippen molar-refractivity contribution in [3.8, 4) is 0 Å². The van der Waals surface area contributed by atoms with Gasteiger partial charge >= 0.3 is 0 Å². The SMILES string of the molecule is NC(=O)[C@H]1CC(=O)N(c2ccc(C34CC5CC(CC(C5)C3)C4)cc2)C1. The van der Waals surface area contributed by atoms with E-state index in [0.717, 1.165) is 23.4 Å². The Morgan fingerprint density at radius 2 is 1.56 bits per heavy atom. The maximum atomic E-state index is 12.2. The molecule has 4 saturated carbocycles. The predicted molar refractivity (Wildman–Crippen MR) is 95.9 cm³/mol. The van der Waals surface area contributed by atoms with Crippen LogP contribution in [0.4, 0.5) is 5.69 Å². The first kappa shape index (κ1) is 15.4. The number of hydrogen-bond acceptors (Lipinski definition) is 2. The van der Waals surface area contributed by atoms with Crippen molar-refractivity contribution in [3.63, 3.8) is 0 Å². The Hall–Kier alpha value is -1.84. The molecule has 2 N–H and O–H groups in total. The summed E-state index contributed by atoms with van der Waals surface area (Å²) in [6.07, 6.45) is 8.66. The minimum atomic E-state index is -0.374. The number of benzene rings is 1. The molecule has 0 unspecified atom stereocenters. The fourth-order valence-electron chi connectivity index (χ4n) is 6.61. The van der Waals surface area contributed by atoms with Crippen molar-refractivity contribution in [2.24, 2.45) is 29.4 Å². The van der Waals surface area contributed by atoms with Gasteiger partial charge < -0.3 is 10.6 Å². The number of carbonyl (C=O) groups excluding carboxylic acids is 2. The van der Waals surface area contributed by atoms with Gasteiger partial charge in [-0.05, 0) is 79.4 Å². The first-order chi connectivity index (χ1) is 12.0. The minimum Gasteiger partial charge on any atom is -0.369 e. The number of rotatable bonds is 3. The first-order valence-electron chi connectivity index (χ1n) is 9.73. The zero-order valence-corrected chi connectivity index (χ0v) is 14.6. The Kier molecular flexibility index (Phi) is 3.28. The van der Waals surface area contributed by atoms with Gasteiger partial charge in [0.1, 0.15) is 0 Å². The molecule has 1 aromatic carbocycles. The molecule has 1 heterocycles. The highest BCUT2D eigenvalue weighted by Crippen LogP contribution is 2.60. The van der Waals surface area contributed by atoms with Gasteiger partial charge in [-0.3, -0.25) is 9.59 Å². The van der Waals surface area contributed by atoms with E-state index >= 15 is 0 Å². The van der Waals surface area contributed by atoms with Crippen molar-refractivity contribution in [1.82, 2.24) is 0 Å². The van der Waals surface area contributed by atoms with Crippen molar-refractivity contribution >= 4 is 17.5 Å². The Bertz CT molecular complexity index is 689. The van der Waals surface area contributed by atoms with Crippen molar-refractivity contribution in [1.29, 1.82) is 0 Å². The summed E-state index contributed by atoms with van der Waals surface area (Å²) in [4.78, 5) is 25.3. The van der Waals surface area contributed by atoms with Crippen LogP contribution in [0.25, 0.3) is 0 Å². The number of carbonyl (C=O) groups is 2. The van der Waals surface area contributed by atoms with Gasteiger partial charge in [-0.2, -0.15) is 0 Å². The highest BCUT2D eigenvalue weighted by Gasteiger charge is 2.51. The average Bonchev–Trinajstić information content (AvgIpc) is 2.96. The number of primary amides is 1. The Balaban J connectivity index is 1.39. The maximum Gasteiger partial charge on any atom is 0.227 e. The summed E-state index contributed by atoms with van der Waals surface area (Å²) < 4.78 is 0. The third-order valence-corrected chi connectivity index (χ3v) is 7.36. The van der Waals surface area contributed by atoms with Gasteiger partial charge in [0.05, 0.1) is 5.92 Å². The monoisotopic (exact) mass is 338 g/mol. The molecule has 4 nitrogen and oxygen atoms in total. The van der Waals surface area contributed by atoms with Gasteiger partial charge in [-0.25, -0.2) is 0 Å². The number of hydrogen-bond donors (Lipinski definition) is 1. The van der Waals surface area contributed by atoms with E-state index in [4.69, 9.17) is 5.73 Å². The molecule has 1 saturated heterocycles. The summed E-state index contributed by atoms with van der Waals surface area (Å²) in [6.45, 7) is 0.422. The number of nitrogens with zero attached hydrogens (tertiary/aromatic N) is 1. The van der Waals surface area contributed by atoms with Crippen LogP contribution in [0.5, 0.6) is 0 Å². The molecule has 2 amide bonds. The van der Waals surface area contributed by atoms with Gasteiger partial charge in [0.25, 0.3) is 0 Å². The molecule has 4 aliphatic carbocycles. The molecule has 1 aromatic rings. The summed E-state index contributed by atoms with van der Waals surface area (Å²) in [5, 5.41) is 0. The first-order valence-corrected chi connectivity index (χ1v) is 9.73. The topological polar surface area (TPSA) is 63.4 Å². The van der Waals surface area contributed by atoms with E-state index in [-0.39, 0.29) is 24.2 Å². The van der Waals surface area contributed by atoms with Gasteiger partial charge in [-0.15, -0.1) is 0 Å². The van der Waals surface area contributed by atoms with E-state index in [1.54, 1.807) is 4.90 Å². The smallest absolute Gasteiger partial charge is 0.227 e. The van der Waals surface area contributed by atoms with Crippen LogP contribution < -0.4 is 10.6 Å². The van der Waals surface area contributed by atoms with Crippen molar-refractivity contribution in [3.05, 3.63) is 29.8 Å². The van der Waals surface area contributed by atoms with Crippen LogP contribution in [-0.4, -0.2) is 18.4 Å². The van der Waals surface area contributed by atoms with E-state index in [2.05, 4.69) is 24.3 Å². The second kappa shape index (κ2) is 5.33. The fourth-order valence-corrected chi connectivity index (χ4v) is 6.61. The molecular weight excluding hydrogens is 312 g/mol. The second-order valence-electron chi connectivity index (χ2n) is 9.05. The molecule has 25 heavy (non-hydrogen) atoms. The lowest BCUT2D eigenvalue weighted by Crippen LogP contribution is -2.48. The van der Waals surface area contributed by atoms with E-state index in [9.17, 15) is 9.59 Å². The highest BCUT2D eigenvalue weighted by atomic mass is 16.2. The van der Waals surface area contributed by atoms with E-state index in [0.29, 0.717) is 12.0 Å². The number of amides is 2. The van der Waals surface area contributed by atoms with Gasteiger partial charge in [0, 0.05) is 18.7 Å². The number of anilines is 1.